The number of aryl methyl sites for hydroxylation is 1. The predicted molar refractivity (Wildman–Crippen MR) is 140 cm³/mol. The van der Waals surface area contributed by atoms with Gasteiger partial charge in [-0.25, -0.2) is 4.79 Å². The molecule has 9 heteroatoms. The number of carbonyl (C=O) groups excluding carboxylic acids is 4. The number of nitrogens with one attached hydrogen (secondary N) is 2. The summed E-state index contributed by atoms with van der Waals surface area (Å²) in [4.78, 5) is 53.3. The van der Waals surface area contributed by atoms with Crippen molar-refractivity contribution in [1.82, 2.24) is 15.5 Å². The van der Waals surface area contributed by atoms with Crippen molar-refractivity contribution in [2.45, 2.75) is 104 Å². The highest BCUT2D eigenvalue weighted by Gasteiger charge is 2.42. The Morgan fingerprint density at radius 2 is 1.69 bits per heavy atom. The molecule has 1 rings (SSSR count). The van der Waals surface area contributed by atoms with Crippen LogP contribution < -0.4 is 16.4 Å². The van der Waals surface area contributed by atoms with E-state index in [1.165, 1.54) is 4.90 Å². The van der Waals surface area contributed by atoms with Crippen LogP contribution in [-0.2, 0) is 19.1 Å². The smallest absolute Gasteiger partial charge is 0.408 e. The minimum atomic E-state index is -1.31. The van der Waals surface area contributed by atoms with Crippen LogP contribution in [-0.4, -0.2) is 52.4 Å². The number of benzene rings is 1. The lowest BCUT2D eigenvalue weighted by atomic mass is 9.94. The minimum Gasteiger partial charge on any atom is -0.444 e. The summed E-state index contributed by atoms with van der Waals surface area (Å²) in [6.45, 7) is 14.9. The van der Waals surface area contributed by atoms with E-state index in [0.717, 1.165) is 24.8 Å². The summed E-state index contributed by atoms with van der Waals surface area (Å²) in [7, 11) is 0. The number of unbranched alkanes of at least 4 members (excludes halogenated alkanes) is 2. The van der Waals surface area contributed by atoms with Crippen molar-refractivity contribution in [2.75, 3.05) is 6.54 Å². The van der Waals surface area contributed by atoms with Gasteiger partial charge in [-0.1, -0.05) is 49.6 Å². The number of carbonyl (C=O) groups is 4. The zero-order chi connectivity index (χ0) is 27.7. The molecule has 0 aliphatic rings. The second-order valence-corrected chi connectivity index (χ2v) is 11.1. The summed E-state index contributed by atoms with van der Waals surface area (Å²) in [6, 6.07) is 5.08. The van der Waals surface area contributed by atoms with E-state index in [2.05, 4.69) is 17.6 Å². The molecule has 0 saturated carbocycles. The van der Waals surface area contributed by atoms with E-state index in [4.69, 9.17) is 10.5 Å². The average molecular weight is 505 g/mol. The molecule has 0 heterocycles. The van der Waals surface area contributed by atoms with Crippen LogP contribution in [0.3, 0.4) is 0 Å². The maximum atomic E-state index is 14.0. The third kappa shape index (κ3) is 10.3. The Morgan fingerprint density at radius 1 is 1.06 bits per heavy atom. The third-order valence-electron chi connectivity index (χ3n) is 5.30. The molecule has 202 valence electrons. The normalized spacial score (nSPS) is 13.3. The van der Waals surface area contributed by atoms with E-state index >= 15 is 0 Å². The van der Waals surface area contributed by atoms with Crippen LogP contribution in [0.2, 0.25) is 0 Å². The van der Waals surface area contributed by atoms with Gasteiger partial charge in [0.1, 0.15) is 17.7 Å². The predicted octanol–water partition coefficient (Wildman–Crippen LogP) is 3.74. The highest BCUT2D eigenvalue weighted by molar-refractivity contribution is 5.95. The first-order chi connectivity index (χ1) is 16.6. The fourth-order valence-electron chi connectivity index (χ4n) is 3.81. The quantitative estimate of drug-likeness (QED) is 0.395. The van der Waals surface area contributed by atoms with E-state index in [1.807, 2.05) is 25.1 Å². The number of nitrogens with two attached hydrogens (primary N) is 1. The molecule has 4 N–H and O–H groups in total. The molecule has 0 aromatic heterocycles. The Labute approximate surface area is 215 Å². The molecule has 0 spiro atoms. The number of rotatable bonds is 11. The number of hydrogen-bond acceptors (Lipinski definition) is 5. The van der Waals surface area contributed by atoms with Gasteiger partial charge >= 0.3 is 6.09 Å². The maximum Gasteiger partial charge on any atom is 0.408 e. The number of hydrogen-bond donors (Lipinski definition) is 3. The fraction of sp³-hybridized carbons (Fsp3) is 0.630. The molecular formula is C27H44N4O5. The lowest BCUT2D eigenvalue weighted by molar-refractivity contribution is -0.149. The molecule has 1 aromatic rings. The number of nitrogens with zero attached hydrogens (tertiary/aromatic N) is 1. The molecule has 0 fully saturated rings. The van der Waals surface area contributed by atoms with Crippen LogP contribution in [0, 0.1) is 6.92 Å². The molecule has 2 atom stereocenters. The molecule has 0 bridgehead atoms. The fourth-order valence-corrected chi connectivity index (χ4v) is 3.81. The van der Waals surface area contributed by atoms with Crippen LogP contribution in [0.5, 0.6) is 0 Å². The monoisotopic (exact) mass is 504 g/mol. The van der Waals surface area contributed by atoms with Crippen LogP contribution >= 0.6 is 0 Å². The van der Waals surface area contributed by atoms with Gasteiger partial charge in [-0.2, -0.15) is 0 Å². The molecule has 0 radical (unpaired) electrons. The molecule has 2 unspecified atom stereocenters. The molecule has 0 saturated heterocycles. The summed E-state index contributed by atoms with van der Waals surface area (Å²) in [5.41, 5.74) is 5.32. The highest BCUT2D eigenvalue weighted by Crippen LogP contribution is 2.31. The van der Waals surface area contributed by atoms with Crippen LogP contribution in [0.1, 0.15) is 91.3 Å². The van der Waals surface area contributed by atoms with Crippen LogP contribution in [0.4, 0.5) is 4.79 Å². The summed E-state index contributed by atoms with van der Waals surface area (Å²) in [5, 5.41) is 5.45. The first kappa shape index (κ1) is 30.9. The van der Waals surface area contributed by atoms with Gasteiger partial charge in [0.2, 0.25) is 17.7 Å². The van der Waals surface area contributed by atoms with Crippen molar-refractivity contribution >= 4 is 23.8 Å². The summed E-state index contributed by atoms with van der Waals surface area (Å²) >= 11 is 0. The van der Waals surface area contributed by atoms with Crippen molar-refractivity contribution in [3.8, 4) is 0 Å². The number of amides is 4. The zero-order valence-corrected chi connectivity index (χ0v) is 23.1. The van der Waals surface area contributed by atoms with E-state index in [-0.39, 0.29) is 5.91 Å². The molecule has 1 aromatic carbocycles. The molecule has 0 aliphatic heterocycles. The standard InChI is InChI=1S/C27H44N4O5/c1-9-10-11-15-29-23(33)22(19-14-12-13-18(2)16-19)31(26(3,4)5)24(34)20(17-21(28)32)30-25(35)36-27(6,7)8/h12-14,16,20,22H,9-11,15,17H2,1-8H3,(H2,28,32)(H,29,33)(H,30,35). The molecule has 9 nitrogen and oxygen atoms in total. The molecule has 4 amide bonds. The SMILES string of the molecule is CCCCCNC(=O)C(c1cccc(C)c1)N(C(=O)C(CC(N)=O)NC(=O)OC(C)(C)C)C(C)(C)C. The second kappa shape index (κ2) is 13.3. The second-order valence-electron chi connectivity index (χ2n) is 11.1. The lowest BCUT2D eigenvalue weighted by Crippen LogP contribution is -2.59. The van der Waals surface area contributed by atoms with Crippen molar-refractivity contribution < 1.29 is 23.9 Å². The van der Waals surface area contributed by atoms with E-state index in [1.54, 1.807) is 47.6 Å². The van der Waals surface area contributed by atoms with Crippen LogP contribution in [0.15, 0.2) is 24.3 Å². The Morgan fingerprint density at radius 3 is 2.19 bits per heavy atom. The molecule has 36 heavy (non-hydrogen) atoms. The van der Waals surface area contributed by atoms with Gasteiger partial charge in [-0.3, -0.25) is 14.4 Å². The van der Waals surface area contributed by atoms with E-state index in [0.29, 0.717) is 12.1 Å². The Bertz CT molecular complexity index is 917. The summed E-state index contributed by atoms with van der Waals surface area (Å²) < 4.78 is 5.30. The van der Waals surface area contributed by atoms with Crippen LogP contribution in [0.25, 0.3) is 0 Å². The minimum absolute atomic E-state index is 0.338. The topological polar surface area (TPSA) is 131 Å². The van der Waals surface area contributed by atoms with Gasteiger partial charge < -0.3 is 26.0 Å². The van der Waals surface area contributed by atoms with E-state index in [9.17, 15) is 19.2 Å². The average Bonchev–Trinajstić information content (AvgIpc) is 2.71. The van der Waals surface area contributed by atoms with Crippen molar-refractivity contribution in [3.05, 3.63) is 35.4 Å². The summed E-state index contributed by atoms with van der Waals surface area (Å²) in [6.07, 6.45) is 1.50. The van der Waals surface area contributed by atoms with Gasteiger partial charge in [-0.05, 0) is 60.5 Å². The summed E-state index contributed by atoms with van der Waals surface area (Å²) in [5.74, 6) is -1.72. The Hall–Kier alpha value is -3.10. The molecular weight excluding hydrogens is 460 g/mol. The molecule has 0 aliphatic carbocycles. The number of ether oxygens (including phenoxy) is 1. The number of alkyl carbamates (subject to hydrolysis) is 1. The van der Waals surface area contributed by atoms with E-state index < -0.39 is 47.6 Å². The van der Waals surface area contributed by atoms with Gasteiger partial charge in [0.25, 0.3) is 0 Å². The van der Waals surface area contributed by atoms with Gasteiger partial charge in [0, 0.05) is 12.1 Å². The van der Waals surface area contributed by atoms with Gasteiger partial charge in [0.05, 0.1) is 6.42 Å². The van der Waals surface area contributed by atoms with Crippen molar-refractivity contribution in [3.63, 3.8) is 0 Å². The number of primary amides is 1. The Balaban J connectivity index is 3.49. The maximum absolute atomic E-state index is 14.0. The van der Waals surface area contributed by atoms with Gasteiger partial charge in [0.15, 0.2) is 0 Å². The first-order valence-corrected chi connectivity index (χ1v) is 12.5. The largest absolute Gasteiger partial charge is 0.444 e. The zero-order valence-electron chi connectivity index (χ0n) is 23.1. The van der Waals surface area contributed by atoms with Crippen molar-refractivity contribution in [2.24, 2.45) is 5.73 Å². The van der Waals surface area contributed by atoms with Gasteiger partial charge in [-0.15, -0.1) is 0 Å². The Kier molecular flexibility index (Phi) is 11.4. The third-order valence-corrected chi connectivity index (χ3v) is 5.30. The lowest BCUT2D eigenvalue weighted by Gasteiger charge is -2.43. The highest BCUT2D eigenvalue weighted by atomic mass is 16.6. The van der Waals surface area contributed by atoms with Crippen molar-refractivity contribution in [1.29, 1.82) is 0 Å². The first-order valence-electron chi connectivity index (χ1n) is 12.5.